The fourth-order valence-corrected chi connectivity index (χ4v) is 3.87. The SMILES string of the molecule is Cc1ccc([C@H](C)NS(=O)(=O)Cc2ccc(F)cc2)c(C)c1. The average molecular weight is 321 g/mol. The predicted octanol–water partition coefficient (Wildman–Crippen LogP) is 3.62. The first-order valence-electron chi connectivity index (χ1n) is 7.08. The van der Waals surface area contributed by atoms with Gasteiger partial charge >= 0.3 is 0 Å². The van der Waals surface area contributed by atoms with E-state index in [0.717, 1.165) is 16.7 Å². The van der Waals surface area contributed by atoms with Crippen LogP contribution in [0.25, 0.3) is 0 Å². The largest absolute Gasteiger partial charge is 0.216 e. The molecule has 0 aromatic heterocycles. The molecule has 0 spiro atoms. The van der Waals surface area contributed by atoms with Crippen LogP contribution < -0.4 is 4.72 Å². The molecule has 0 aliphatic carbocycles. The highest BCUT2D eigenvalue weighted by molar-refractivity contribution is 7.88. The van der Waals surface area contributed by atoms with Gasteiger partial charge in [0.2, 0.25) is 10.0 Å². The van der Waals surface area contributed by atoms with E-state index < -0.39 is 10.0 Å². The van der Waals surface area contributed by atoms with Crippen LogP contribution in [0, 0.1) is 19.7 Å². The van der Waals surface area contributed by atoms with Gasteiger partial charge < -0.3 is 0 Å². The number of nitrogens with one attached hydrogen (secondary N) is 1. The standard InChI is InChI=1S/C17H20FNO2S/c1-12-4-9-17(13(2)10-12)14(3)19-22(20,21)11-15-5-7-16(18)8-6-15/h4-10,14,19H,11H2,1-3H3/t14-/m0/s1. The number of benzene rings is 2. The Hall–Kier alpha value is -1.72. The van der Waals surface area contributed by atoms with Gasteiger partial charge in [-0.3, -0.25) is 0 Å². The minimum atomic E-state index is -3.49. The van der Waals surface area contributed by atoms with Crippen molar-refractivity contribution in [2.45, 2.75) is 32.6 Å². The third-order valence-corrected chi connectivity index (χ3v) is 4.94. The Bertz CT molecular complexity index is 755. The summed E-state index contributed by atoms with van der Waals surface area (Å²) in [6, 6.07) is 11.1. The summed E-state index contributed by atoms with van der Waals surface area (Å²) in [6.07, 6.45) is 0. The molecule has 0 radical (unpaired) electrons. The number of sulfonamides is 1. The van der Waals surface area contributed by atoms with Gasteiger partial charge in [0.1, 0.15) is 5.82 Å². The fourth-order valence-electron chi connectivity index (χ4n) is 2.49. The van der Waals surface area contributed by atoms with Gasteiger partial charge in [0.25, 0.3) is 0 Å². The van der Waals surface area contributed by atoms with Gasteiger partial charge in [0.05, 0.1) is 5.75 Å². The summed E-state index contributed by atoms with van der Waals surface area (Å²) in [4.78, 5) is 0. The van der Waals surface area contributed by atoms with E-state index in [-0.39, 0.29) is 17.6 Å². The highest BCUT2D eigenvalue weighted by atomic mass is 32.2. The van der Waals surface area contributed by atoms with Crippen molar-refractivity contribution in [1.82, 2.24) is 4.72 Å². The molecular weight excluding hydrogens is 301 g/mol. The van der Waals surface area contributed by atoms with E-state index in [1.807, 2.05) is 39.0 Å². The maximum Gasteiger partial charge on any atom is 0.216 e. The first-order chi connectivity index (χ1) is 10.3. The van der Waals surface area contributed by atoms with Crippen molar-refractivity contribution in [3.05, 3.63) is 70.5 Å². The topological polar surface area (TPSA) is 46.2 Å². The van der Waals surface area contributed by atoms with Crippen LogP contribution in [0.3, 0.4) is 0 Å². The third-order valence-electron chi connectivity index (χ3n) is 3.52. The van der Waals surface area contributed by atoms with E-state index in [4.69, 9.17) is 0 Å². The maximum absolute atomic E-state index is 12.9. The summed E-state index contributed by atoms with van der Waals surface area (Å²) in [5.74, 6) is -0.541. The van der Waals surface area contributed by atoms with E-state index in [2.05, 4.69) is 4.72 Å². The van der Waals surface area contributed by atoms with Crippen molar-refractivity contribution in [3.8, 4) is 0 Å². The van der Waals surface area contributed by atoms with Gasteiger partial charge in [-0.05, 0) is 49.6 Å². The van der Waals surface area contributed by atoms with Crippen LogP contribution in [-0.2, 0) is 15.8 Å². The zero-order chi connectivity index (χ0) is 16.3. The van der Waals surface area contributed by atoms with E-state index in [1.54, 1.807) is 0 Å². The second-order valence-corrected chi connectivity index (χ2v) is 7.34. The van der Waals surface area contributed by atoms with E-state index >= 15 is 0 Å². The Labute approximate surface area is 131 Å². The number of halogens is 1. The zero-order valence-electron chi connectivity index (χ0n) is 12.9. The summed E-state index contributed by atoms with van der Waals surface area (Å²) in [5.41, 5.74) is 3.70. The van der Waals surface area contributed by atoms with E-state index in [0.29, 0.717) is 5.56 Å². The molecule has 0 unspecified atom stereocenters. The Morgan fingerprint density at radius 2 is 1.73 bits per heavy atom. The predicted molar refractivity (Wildman–Crippen MR) is 86.5 cm³/mol. The number of rotatable bonds is 5. The molecule has 5 heteroatoms. The van der Waals surface area contributed by atoms with Crippen molar-refractivity contribution in [3.63, 3.8) is 0 Å². The Morgan fingerprint density at radius 1 is 1.09 bits per heavy atom. The summed E-state index contributed by atoms with van der Waals surface area (Å²) >= 11 is 0. The molecule has 0 bridgehead atoms. The van der Waals surface area contributed by atoms with Crippen LogP contribution in [0.5, 0.6) is 0 Å². The van der Waals surface area contributed by atoms with Gasteiger partial charge in [0.15, 0.2) is 0 Å². The lowest BCUT2D eigenvalue weighted by atomic mass is 10.0. The number of hydrogen-bond donors (Lipinski definition) is 1. The molecule has 0 saturated heterocycles. The first-order valence-corrected chi connectivity index (χ1v) is 8.74. The molecular formula is C17H20FNO2S. The van der Waals surface area contributed by atoms with Gasteiger partial charge in [-0.15, -0.1) is 0 Å². The molecule has 0 amide bonds. The molecule has 1 N–H and O–H groups in total. The van der Waals surface area contributed by atoms with Crippen LogP contribution in [0.15, 0.2) is 42.5 Å². The Morgan fingerprint density at radius 3 is 2.32 bits per heavy atom. The zero-order valence-corrected chi connectivity index (χ0v) is 13.7. The van der Waals surface area contributed by atoms with Crippen molar-refractivity contribution in [2.75, 3.05) is 0 Å². The van der Waals surface area contributed by atoms with E-state index in [9.17, 15) is 12.8 Å². The minimum Gasteiger partial charge on any atom is -0.212 e. The average Bonchev–Trinajstić information content (AvgIpc) is 2.40. The lowest BCUT2D eigenvalue weighted by Crippen LogP contribution is -2.28. The molecule has 0 aliphatic rings. The summed E-state index contributed by atoms with van der Waals surface area (Å²) in [5, 5.41) is 0. The lowest BCUT2D eigenvalue weighted by molar-refractivity contribution is 0.565. The quantitative estimate of drug-likeness (QED) is 0.914. The molecule has 2 aromatic carbocycles. The van der Waals surface area contributed by atoms with E-state index in [1.165, 1.54) is 24.3 Å². The fraction of sp³-hybridized carbons (Fsp3) is 0.294. The van der Waals surface area contributed by atoms with Crippen LogP contribution in [0.4, 0.5) is 4.39 Å². The van der Waals surface area contributed by atoms with Gasteiger partial charge in [-0.1, -0.05) is 35.9 Å². The van der Waals surface area contributed by atoms with Crippen LogP contribution in [0.1, 0.15) is 35.2 Å². The number of hydrogen-bond acceptors (Lipinski definition) is 2. The van der Waals surface area contributed by atoms with Gasteiger partial charge in [0, 0.05) is 6.04 Å². The van der Waals surface area contributed by atoms with Crippen molar-refractivity contribution < 1.29 is 12.8 Å². The normalized spacial score (nSPS) is 13.1. The molecule has 1 atom stereocenters. The Balaban J connectivity index is 2.12. The van der Waals surface area contributed by atoms with Crippen molar-refractivity contribution >= 4 is 10.0 Å². The third kappa shape index (κ3) is 4.39. The summed E-state index contributed by atoms with van der Waals surface area (Å²) < 4.78 is 40.0. The highest BCUT2D eigenvalue weighted by Gasteiger charge is 2.17. The van der Waals surface area contributed by atoms with Crippen LogP contribution >= 0.6 is 0 Å². The highest BCUT2D eigenvalue weighted by Crippen LogP contribution is 2.20. The van der Waals surface area contributed by atoms with Crippen LogP contribution in [0.2, 0.25) is 0 Å². The lowest BCUT2D eigenvalue weighted by Gasteiger charge is -2.17. The molecule has 2 aromatic rings. The minimum absolute atomic E-state index is 0.164. The van der Waals surface area contributed by atoms with Gasteiger partial charge in [-0.25, -0.2) is 17.5 Å². The molecule has 118 valence electrons. The van der Waals surface area contributed by atoms with Gasteiger partial charge in [-0.2, -0.15) is 0 Å². The summed E-state index contributed by atoms with van der Waals surface area (Å²) in [6.45, 7) is 5.78. The molecule has 3 nitrogen and oxygen atoms in total. The molecule has 0 fully saturated rings. The second-order valence-electron chi connectivity index (χ2n) is 5.59. The first kappa shape index (κ1) is 16.6. The second kappa shape index (κ2) is 6.58. The van der Waals surface area contributed by atoms with Crippen molar-refractivity contribution in [2.24, 2.45) is 0 Å². The Kier molecular flexibility index (Phi) is 4.98. The number of aryl methyl sites for hydroxylation is 2. The molecule has 22 heavy (non-hydrogen) atoms. The summed E-state index contributed by atoms with van der Waals surface area (Å²) in [7, 11) is -3.49. The molecule has 0 aliphatic heterocycles. The maximum atomic E-state index is 12.9. The molecule has 2 rings (SSSR count). The monoisotopic (exact) mass is 321 g/mol. The smallest absolute Gasteiger partial charge is 0.212 e. The van der Waals surface area contributed by atoms with Crippen molar-refractivity contribution in [1.29, 1.82) is 0 Å². The molecule has 0 heterocycles. The van der Waals surface area contributed by atoms with Crippen LogP contribution in [-0.4, -0.2) is 8.42 Å². The molecule has 0 saturated carbocycles.